The van der Waals surface area contributed by atoms with Crippen LogP contribution in [-0.2, 0) is 4.79 Å². The van der Waals surface area contributed by atoms with Gasteiger partial charge >= 0.3 is 11.9 Å². The lowest BCUT2D eigenvalue weighted by Gasteiger charge is -2.11. The van der Waals surface area contributed by atoms with E-state index >= 15 is 0 Å². The van der Waals surface area contributed by atoms with Crippen LogP contribution >= 0.6 is 0 Å². The number of hydrogen-bond acceptors (Lipinski definition) is 3. The van der Waals surface area contributed by atoms with Gasteiger partial charge in [0.25, 0.3) is 0 Å². The highest BCUT2D eigenvalue weighted by Gasteiger charge is 2.19. The molecule has 0 bridgehead atoms. The van der Waals surface area contributed by atoms with Gasteiger partial charge in [-0.2, -0.15) is 0 Å². The van der Waals surface area contributed by atoms with E-state index in [0.717, 1.165) is 32.1 Å². The molecule has 6 heteroatoms. The zero-order valence-corrected chi connectivity index (χ0v) is 19.4. The number of nitrogens with one attached hydrogen (secondary N) is 1. The smallest absolute Gasteiger partial charge is 0.337 e. The van der Waals surface area contributed by atoms with E-state index in [9.17, 15) is 24.6 Å². The topological polar surface area (TPSA) is 104 Å². The van der Waals surface area contributed by atoms with Gasteiger partial charge in [-0.15, -0.1) is 0 Å². The molecule has 0 aliphatic rings. The van der Waals surface area contributed by atoms with E-state index < -0.39 is 11.9 Å². The summed E-state index contributed by atoms with van der Waals surface area (Å²) in [6, 6.07) is 3.92. The molecule has 0 heterocycles. The summed E-state index contributed by atoms with van der Waals surface area (Å²) in [7, 11) is 0. The van der Waals surface area contributed by atoms with Gasteiger partial charge in [-0.1, -0.05) is 76.5 Å². The van der Waals surface area contributed by atoms with Crippen molar-refractivity contribution in [2.75, 3.05) is 5.32 Å². The second-order valence-electron chi connectivity index (χ2n) is 8.22. The molecular formula is C26H39NO5. The molecule has 0 aliphatic carbocycles. The molecule has 0 spiro atoms. The summed E-state index contributed by atoms with van der Waals surface area (Å²) in [5.74, 6) is -2.91. The summed E-state index contributed by atoms with van der Waals surface area (Å²) in [6.07, 6.45) is 20.0. The van der Waals surface area contributed by atoms with Crippen molar-refractivity contribution in [2.45, 2.75) is 96.8 Å². The summed E-state index contributed by atoms with van der Waals surface area (Å²) in [6.45, 7) is 2.24. The van der Waals surface area contributed by atoms with Gasteiger partial charge in [0.1, 0.15) is 0 Å². The van der Waals surface area contributed by atoms with Crippen LogP contribution < -0.4 is 5.32 Å². The monoisotopic (exact) mass is 445 g/mol. The fraction of sp³-hybridized carbons (Fsp3) is 0.577. The van der Waals surface area contributed by atoms with Gasteiger partial charge in [0.15, 0.2) is 0 Å². The zero-order valence-electron chi connectivity index (χ0n) is 19.4. The molecule has 1 aromatic carbocycles. The maximum absolute atomic E-state index is 12.2. The van der Waals surface area contributed by atoms with Crippen molar-refractivity contribution >= 4 is 23.5 Å². The Bertz CT molecular complexity index is 709. The highest BCUT2D eigenvalue weighted by Crippen LogP contribution is 2.22. The van der Waals surface area contributed by atoms with Crippen LogP contribution in [0.2, 0.25) is 0 Å². The summed E-state index contributed by atoms with van der Waals surface area (Å²) < 4.78 is 0. The first-order chi connectivity index (χ1) is 15.5. The van der Waals surface area contributed by atoms with Crippen LogP contribution in [0.5, 0.6) is 0 Å². The predicted molar refractivity (Wildman–Crippen MR) is 128 cm³/mol. The Morgan fingerprint density at radius 3 is 1.72 bits per heavy atom. The number of amides is 1. The number of unbranched alkanes of at least 4 members (excludes halogenated alkanes) is 11. The maximum Gasteiger partial charge on any atom is 0.337 e. The molecule has 0 atom stereocenters. The minimum absolute atomic E-state index is 0.148. The SMILES string of the molecule is CCCCCCCCC=CCCCCCCCC(=O)Nc1c(C(=O)O)cccc1C(=O)O. The van der Waals surface area contributed by atoms with Crippen LogP contribution in [0.15, 0.2) is 30.4 Å². The molecule has 0 unspecified atom stereocenters. The standard InChI is InChI=1S/C26H39NO5/c1-2-3-4-5-6-7-8-9-10-11-12-13-14-15-16-20-23(28)27-24-21(25(29)30)18-17-19-22(24)26(31)32/h9-10,17-19H,2-8,11-16,20H2,1H3,(H,27,28)(H,29,30)(H,31,32). The van der Waals surface area contributed by atoms with Crippen molar-refractivity contribution in [2.24, 2.45) is 0 Å². The zero-order chi connectivity index (χ0) is 23.6. The number of rotatable bonds is 18. The molecule has 0 fully saturated rings. The predicted octanol–water partition coefficient (Wildman–Crippen LogP) is 7.06. The highest BCUT2D eigenvalue weighted by molar-refractivity contribution is 6.07. The number of carboxylic acid groups (broad SMARTS) is 2. The average Bonchev–Trinajstić information content (AvgIpc) is 2.76. The number of anilines is 1. The summed E-state index contributed by atoms with van der Waals surface area (Å²) in [5.41, 5.74) is -0.587. The third-order valence-corrected chi connectivity index (χ3v) is 5.46. The molecule has 0 aromatic heterocycles. The van der Waals surface area contributed by atoms with Gasteiger partial charge < -0.3 is 15.5 Å². The Labute approximate surface area is 192 Å². The molecule has 3 N–H and O–H groups in total. The van der Waals surface area contributed by atoms with E-state index in [-0.39, 0.29) is 29.1 Å². The first-order valence-corrected chi connectivity index (χ1v) is 12.0. The molecular weight excluding hydrogens is 406 g/mol. The van der Waals surface area contributed by atoms with E-state index in [1.165, 1.54) is 63.1 Å². The molecule has 178 valence electrons. The van der Waals surface area contributed by atoms with Crippen LogP contribution in [0.3, 0.4) is 0 Å². The van der Waals surface area contributed by atoms with E-state index in [1.54, 1.807) is 0 Å². The third-order valence-electron chi connectivity index (χ3n) is 5.46. The largest absolute Gasteiger partial charge is 0.478 e. The fourth-order valence-electron chi connectivity index (χ4n) is 3.60. The number of carboxylic acids is 2. The van der Waals surface area contributed by atoms with E-state index in [4.69, 9.17) is 0 Å². The minimum atomic E-state index is -1.27. The van der Waals surface area contributed by atoms with Crippen LogP contribution in [-0.4, -0.2) is 28.1 Å². The molecule has 1 aromatic rings. The Hall–Kier alpha value is -2.63. The van der Waals surface area contributed by atoms with Gasteiger partial charge in [0, 0.05) is 6.42 Å². The van der Waals surface area contributed by atoms with Gasteiger partial charge in [0.2, 0.25) is 5.91 Å². The average molecular weight is 446 g/mol. The number of aromatic carboxylic acids is 2. The summed E-state index contributed by atoms with van der Waals surface area (Å²) in [5, 5.41) is 21.0. The van der Waals surface area contributed by atoms with Gasteiger partial charge in [-0.3, -0.25) is 4.79 Å². The summed E-state index contributed by atoms with van der Waals surface area (Å²) in [4.78, 5) is 34.9. The maximum atomic E-state index is 12.2. The minimum Gasteiger partial charge on any atom is -0.478 e. The lowest BCUT2D eigenvalue weighted by atomic mass is 10.1. The van der Waals surface area contributed by atoms with Crippen molar-refractivity contribution in [3.8, 4) is 0 Å². The lowest BCUT2D eigenvalue weighted by molar-refractivity contribution is -0.116. The van der Waals surface area contributed by atoms with Crippen molar-refractivity contribution in [3.05, 3.63) is 41.5 Å². The second-order valence-corrected chi connectivity index (χ2v) is 8.22. The van der Waals surface area contributed by atoms with Gasteiger partial charge in [-0.05, 0) is 44.2 Å². The Kier molecular flexibility index (Phi) is 14.5. The third kappa shape index (κ3) is 11.7. The molecule has 1 amide bonds. The van der Waals surface area contributed by atoms with E-state index in [1.807, 2.05) is 0 Å². The first kappa shape index (κ1) is 27.4. The molecule has 1 rings (SSSR count). The normalized spacial score (nSPS) is 11.0. The van der Waals surface area contributed by atoms with Gasteiger partial charge in [0.05, 0.1) is 16.8 Å². The molecule has 32 heavy (non-hydrogen) atoms. The number of carbonyl (C=O) groups excluding carboxylic acids is 1. The highest BCUT2D eigenvalue weighted by atomic mass is 16.4. The van der Waals surface area contributed by atoms with Gasteiger partial charge in [-0.25, -0.2) is 9.59 Å². The number of carbonyl (C=O) groups is 3. The number of para-hydroxylation sites is 1. The van der Waals surface area contributed by atoms with Crippen molar-refractivity contribution < 1.29 is 24.6 Å². The molecule has 0 radical (unpaired) electrons. The van der Waals surface area contributed by atoms with Crippen LogP contribution in [0.4, 0.5) is 5.69 Å². The number of hydrogen-bond donors (Lipinski definition) is 3. The summed E-state index contributed by atoms with van der Waals surface area (Å²) >= 11 is 0. The van der Waals surface area contributed by atoms with E-state index in [2.05, 4.69) is 24.4 Å². The van der Waals surface area contributed by atoms with Crippen LogP contribution in [0.25, 0.3) is 0 Å². The van der Waals surface area contributed by atoms with Crippen molar-refractivity contribution in [1.82, 2.24) is 0 Å². The second kappa shape index (κ2) is 17.0. The van der Waals surface area contributed by atoms with Crippen LogP contribution in [0, 0.1) is 0 Å². The number of allylic oxidation sites excluding steroid dienone is 2. The van der Waals surface area contributed by atoms with Crippen LogP contribution in [0.1, 0.15) is 118 Å². The van der Waals surface area contributed by atoms with E-state index in [0.29, 0.717) is 6.42 Å². The molecule has 0 aliphatic heterocycles. The Balaban J connectivity index is 2.16. The quantitative estimate of drug-likeness (QED) is 0.166. The Morgan fingerprint density at radius 1 is 0.750 bits per heavy atom. The van der Waals surface area contributed by atoms with Crippen molar-refractivity contribution in [1.29, 1.82) is 0 Å². The first-order valence-electron chi connectivity index (χ1n) is 12.0. The molecule has 6 nitrogen and oxygen atoms in total. The lowest BCUT2D eigenvalue weighted by Crippen LogP contribution is -2.17. The molecule has 0 saturated carbocycles. The van der Waals surface area contributed by atoms with Crippen molar-refractivity contribution in [3.63, 3.8) is 0 Å². The number of benzene rings is 1. The molecule has 0 saturated heterocycles. The fourth-order valence-corrected chi connectivity index (χ4v) is 3.60. The Morgan fingerprint density at radius 2 is 1.22 bits per heavy atom.